The highest BCUT2D eigenvalue weighted by Crippen LogP contribution is 2.16. The zero-order valence-electron chi connectivity index (χ0n) is 7.20. The average molecular weight is 173 g/mol. The number of nitrogens with zero attached hydrogens (tertiary/aromatic N) is 1. The Hall–Kier alpha value is -1.61. The normalized spacial score (nSPS) is 10.2. The molecular weight excluding hydrogens is 162 g/mol. The van der Waals surface area contributed by atoms with E-state index in [0.29, 0.717) is 6.54 Å². The topological polar surface area (TPSA) is 54.7 Å². The Kier molecular flexibility index (Phi) is 2.10. The lowest BCUT2D eigenvalue weighted by atomic mass is 10.1. The van der Waals surface area contributed by atoms with Crippen LogP contribution in [0.25, 0.3) is 11.3 Å². The van der Waals surface area contributed by atoms with Gasteiger partial charge in [0.2, 0.25) is 0 Å². The quantitative estimate of drug-likeness (QED) is 0.723. The maximum absolute atomic E-state index is 5.47. The van der Waals surface area contributed by atoms with Gasteiger partial charge in [-0.2, -0.15) is 5.10 Å². The van der Waals surface area contributed by atoms with Gasteiger partial charge in [-0.25, -0.2) is 0 Å². The predicted molar refractivity (Wildman–Crippen MR) is 51.9 cm³/mol. The van der Waals surface area contributed by atoms with Crippen molar-refractivity contribution in [2.75, 3.05) is 0 Å². The molecule has 1 aromatic heterocycles. The van der Waals surface area contributed by atoms with E-state index in [9.17, 15) is 0 Å². The van der Waals surface area contributed by atoms with Crippen LogP contribution in [-0.4, -0.2) is 10.2 Å². The predicted octanol–water partition coefficient (Wildman–Crippen LogP) is 1.54. The second kappa shape index (κ2) is 3.41. The van der Waals surface area contributed by atoms with Gasteiger partial charge in [-0.15, -0.1) is 0 Å². The zero-order chi connectivity index (χ0) is 9.10. The van der Waals surface area contributed by atoms with Gasteiger partial charge >= 0.3 is 0 Å². The van der Waals surface area contributed by atoms with Crippen molar-refractivity contribution in [3.8, 4) is 11.3 Å². The molecule has 0 fully saturated rings. The minimum Gasteiger partial charge on any atom is -0.325 e. The van der Waals surface area contributed by atoms with Crippen LogP contribution in [0.3, 0.4) is 0 Å². The minimum atomic E-state index is 0.500. The van der Waals surface area contributed by atoms with Gasteiger partial charge in [-0.3, -0.25) is 5.10 Å². The summed E-state index contributed by atoms with van der Waals surface area (Å²) >= 11 is 0. The van der Waals surface area contributed by atoms with Crippen LogP contribution in [0.5, 0.6) is 0 Å². The molecule has 0 spiro atoms. The highest BCUT2D eigenvalue weighted by atomic mass is 15.1. The first kappa shape index (κ1) is 8.01. The number of nitrogens with two attached hydrogens (primary N) is 1. The van der Waals surface area contributed by atoms with E-state index in [1.807, 2.05) is 36.4 Å². The van der Waals surface area contributed by atoms with Crippen LogP contribution in [-0.2, 0) is 6.54 Å². The van der Waals surface area contributed by atoms with Gasteiger partial charge in [-0.1, -0.05) is 30.3 Å². The van der Waals surface area contributed by atoms with E-state index in [0.717, 1.165) is 17.0 Å². The summed E-state index contributed by atoms with van der Waals surface area (Å²) < 4.78 is 0. The molecule has 0 aliphatic rings. The number of hydrogen-bond acceptors (Lipinski definition) is 2. The zero-order valence-corrected chi connectivity index (χ0v) is 7.20. The molecular formula is C10H11N3. The molecule has 3 N–H and O–H groups in total. The molecule has 0 radical (unpaired) electrons. The van der Waals surface area contributed by atoms with E-state index in [-0.39, 0.29) is 0 Å². The summed E-state index contributed by atoms with van der Waals surface area (Å²) in [5.41, 5.74) is 8.48. The molecule has 0 saturated carbocycles. The van der Waals surface area contributed by atoms with Crippen molar-refractivity contribution in [1.82, 2.24) is 10.2 Å². The summed E-state index contributed by atoms with van der Waals surface area (Å²) in [5.74, 6) is 0. The lowest BCUT2D eigenvalue weighted by Crippen LogP contribution is -1.95. The Morgan fingerprint density at radius 2 is 2.00 bits per heavy atom. The molecule has 13 heavy (non-hydrogen) atoms. The minimum absolute atomic E-state index is 0.500. The number of hydrogen-bond donors (Lipinski definition) is 2. The van der Waals surface area contributed by atoms with Crippen LogP contribution in [0.15, 0.2) is 36.4 Å². The van der Waals surface area contributed by atoms with Crippen LogP contribution >= 0.6 is 0 Å². The van der Waals surface area contributed by atoms with E-state index in [1.54, 1.807) is 0 Å². The third kappa shape index (κ3) is 1.60. The lowest BCUT2D eigenvalue weighted by Gasteiger charge is -1.92. The summed E-state index contributed by atoms with van der Waals surface area (Å²) in [6.45, 7) is 0.500. The van der Waals surface area contributed by atoms with Gasteiger partial charge in [-0.05, 0) is 6.07 Å². The molecule has 1 heterocycles. The van der Waals surface area contributed by atoms with Crippen molar-refractivity contribution >= 4 is 0 Å². The largest absolute Gasteiger partial charge is 0.325 e. The van der Waals surface area contributed by atoms with Gasteiger partial charge in [0.1, 0.15) is 0 Å². The van der Waals surface area contributed by atoms with E-state index in [2.05, 4.69) is 10.2 Å². The number of nitrogens with one attached hydrogen (secondary N) is 1. The number of aromatic nitrogens is 2. The molecule has 0 unspecified atom stereocenters. The third-order valence-electron chi connectivity index (χ3n) is 1.92. The second-order valence-electron chi connectivity index (χ2n) is 2.85. The van der Waals surface area contributed by atoms with Crippen LogP contribution in [0.1, 0.15) is 5.69 Å². The van der Waals surface area contributed by atoms with E-state index < -0.39 is 0 Å². The van der Waals surface area contributed by atoms with Crippen molar-refractivity contribution in [1.29, 1.82) is 0 Å². The molecule has 3 heteroatoms. The number of rotatable bonds is 2. The van der Waals surface area contributed by atoms with Gasteiger partial charge in [0, 0.05) is 17.8 Å². The summed E-state index contributed by atoms with van der Waals surface area (Å²) in [4.78, 5) is 0. The maximum Gasteiger partial charge on any atom is 0.0924 e. The lowest BCUT2D eigenvalue weighted by molar-refractivity contribution is 0.948. The first-order chi connectivity index (χ1) is 6.40. The van der Waals surface area contributed by atoms with Gasteiger partial charge in [0.15, 0.2) is 0 Å². The highest BCUT2D eigenvalue weighted by Gasteiger charge is 2.00. The van der Waals surface area contributed by atoms with E-state index in [1.165, 1.54) is 0 Å². The molecule has 0 saturated heterocycles. The van der Waals surface area contributed by atoms with Gasteiger partial charge in [0.25, 0.3) is 0 Å². The van der Waals surface area contributed by atoms with Gasteiger partial charge < -0.3 is 5.73 Å². The maximum atomic E-state index is 5.47. The average Bonchev–Trinajstić information content (AvgIpc) is 2.67. The Morgan fingerprint density at radius 3 is 2.62 bits per heavy atom. The molecule has 0 amide bonds. The molecule has 0 aliphatic heterocycles. The Morgan fingerprint density at radius 1 is 1.23 bits per heavy atom. The molecule has 2 aromatic rings. The van der Waals surface area contributed by atoms with Crippen LogP contribution in [0.4, 0.5) is 0 Å². The van der Waals surface area contributed by atoms with E-state index in [4.69, 9.17) is 5.73 Å². The molecule has 0 aliphatic carbocycles. The van der Waals surface area contributed by atoms with Crippen LogP contribution < -0.4 is 5.73 Å². The van der Waals surface area contributed by atoms with Crippen molar-refractivity contribution in [3.63, 3.8) is 0 Å². The Balaban J connectivity index is 2.36. The molecule has 2 rings (SSSR count). The SMILES string of the molecule is NCc1cc(-c2ccccc2)n[nH]1. The smallest absolute Gasteiger partial charge is 0.0924 e. The fourth-order valence-electron chi connectivity index (χ4n) is 1.22. The van der Waals surface area contributed by atoms with E-state index >= 15 is 0 Å². The fourth-order valence-corrected chi connectivity index (χ4v) is 1.22. The number of H-pyrrole nitrogens is 1. The number of benzene rings is 1. The summed E-state index contributed by atoms with van der Waals surface area (Å²) in [5, 5.41) is 7.03. The van der Waals surface area contributed by atoms with Crippen LogP contribution in [0, 0.1) is 0 Å². The first-order valence-corrected chi connectivity index (χ1v) is 4.20. The highest BCUT2D eigenvalue weighted by molar-refractivity contribution is 5.58. The standard InChI is InChI=1S/C10H11N3/c11-7-9-6-10(13-12-9)8-4-2-1-3-5-8/h1-6H,7,11H2,(H,12,13). The molecule has 0 atom stereocenters. The van der Waals surface area contributed by atoms with Crippen molar-refractivity contribution in [2.24, 2.45) is 5.73 Å². The summed E-state index contributed by atoms with van der Waals surface area (Å²) in [7, 11) is 0. The van der Waals surface area contributed by atoms with Gasteiger partial charge in [0.05, 0.1) is 5.69 Å². The van der Waals surface area contributed by atoms with Crippen molar-refractivity contribution in [3.05, 3.63) is 42.1 Å². The fraction of sp³-hybridized carbons (Fsp3) is 0.100. The van der Waals surface area contributed by atoms with Crippen LogP contribution in [0.2, 0.25) is 0 Å². The Bertz CT molecular complexity index is 378. The Labute approximate surface area is 76.6 Å². The molecule has 1 aromatic carbocycles. The molecule has 0 bridgehead atoms. The monoisotopic (exact) mass is 173 g/mol. The number of aromatic amines is 1. The molecule has 3 nitrogen and oxygen atoms in total. The molecule has 66 valence electrons. The second-order valence-corrected chi connectivity index (χ2v) is 2.85. The summed E-state index contributed by atoms with van der Waals surface area (Å²) in [6.07, 6.45) is 0. The summed E-state index contributed by atoms with van der Waals surface area (Å²) in [6, 6.07) is 12.0. The third-order valence-corrected chi connectivity index (χ3v) is 1.92. The van der Waals surface area contributed by atoms with Crippen molar-refractivity contribution < 1.29 is 0 Å². The first-order valence-electron chi connectivity index (χ1n) is 4.20. The van der Waals surface area contributed by atoms with Crippen molar-refractivity contribution in [2.45, 2.75) is 6.54 Å².